The van der Waals surface area contributed by atoms with Crippen LogP contribution in [0.15, 0.2) is 29.1 Å². The fraction of sp³-hybridized carbons (Fsp3) is 0.389. The minimum atomic E-state index is -0.311. The first kappa shape index (κ1) is 17.0. The minimum Gasteiger partial charge on any atom is -0.467 e. The number of furan rings is 1. The lowest BCUT2D eigenvalue weighted by Gasteiger charge is -2.33. The van der Waals surface area contributed by atoms with Crippen molar-refractivity contribution in [1.29, 1.82) is 0 Å². The van der Waals surface area contributed by atoms with Crippen molar-refractivity contribution in [3.63, 3.8) is 0 Å². The fourth-order valence-corrected chi connectivity index (χ4v) is 4.21. The van der Waals surface area contributed by atoms with E-state index >= 15 is 0 Å². The first-order valence-electron chi connectivity index (χ1n) is 8.50. The summed E-state index contributed by atoms with van der Waals surface area (Å²) in [7, 11) is 0. The SMILES string of the molecule is CCOC(=O)c1sc2ncnc(N3CCOC(c4ccco4)C3)c2c1C. The summed E-state index contributed by atoms with van der Waals surface area (Å²) in [5.41, 5.74) is 0.861. The summed E-state index contributed by atoms with van der Waals surface area (Å²) in [6.07, 6.45) is 3.04. The average Bonchev–Trinajstić information content (AvgIpc) is 3.30. The summed E-state index contributed by atoms with van der Waals surface area (Å²) in [6, 6.07) is 3.77. The van der Waals surface area contributed by atoms with Crippen LogP contribution in [-0.4, -0.2) is 42.2 Å². The molecular weight excluding hydrogens is 354 g/mol. The molecule has 0 saturated carbocycles. The van der Waals surface area contributed by atoms with Crippen LogP contribution in [0.3, 0.4) is 0 Å². The first-order valence-corrected chi connectivity index (χ1v) is 9.31. The second-order valence-corrected chi connectivity index (χ2v) is 6.97. The molecule has 1 atom stereocenters. The van der Waals surface area contributed by atoms with Gasteiger partial charge >= 0.3 is 5.97 Å². The molecule has 4 heterocycles. The molecule has 8 heteroatoms. The quantitative estimate of drug-likeness (QED) is 0.649. The number of fused-ring (bicyclic) bond motifs is 1. The molecule has 4 rings (SSSR count). The smallest absolute Gasteiger partial charge is 0.348 e. The van der Waals surface area contributed by atoms with Crippen LogP contribution in [0, 0.1) is 6.92 Å². The van der Waals surface area contributed by atoms with Crippen LogP contribution in [-0.2, 0) is 9.47 Å². The predicted molar refractivity (Wildman–Crippen MR) is 97.7 cm³/mol. The summed E-state index contributed by atoms with van der Waals surface area (Å²) in [4.78, 5) is 24.6. The van der Waals surface area contributed by atoms with Crippen LogP contribution in [0.1, 0.15) is 34.0 Å². The Morgan fingerprint density at radius 1 is 1.46 bits per heavy atom. The molecule has 3 aromatic rings. The van der Waals surface area contributed by atoms with Crippen molar-refractivity contribution in [2.45, 2.75) is 20.0 Å². The Bertz CT molecular complexity index is 922. The number of nitrogens with zero attached hydrogens (tertiary/aromatic N) is 3. The molecule has 136 valence electrons. The Morgan fingerprint density at radius 3 is 3.12 bits per heavy atom. The third-order valence-corrected chi connectivity index (χ3v) is 5.57. The van der Waals surface area contributed by atoms with Crippen molar-refractivity contribution in [3.8, 4) is 0 Å². The van der Waals surface area contributed by atoms with Crippen molar-refractivity contribution in [2.75, 3.05) is 31.2 Å². The predicted octanol–water partition coefficient (Wildman–Crippen LogP) is 3.35. The highest BCUT2D eigenvalue weighted by molar-refractivity contribution is 7.20. The van der Waals surface area contributed by atoms with Gasteiger partial charge in [0.05, 0.1) is 31.4 Å². The lowest BCUT2D eigenvalue weighted by Crippen LogP contribution is -2.38. The van der Waals surface area contributed by atoms with Gasteiger partial charge in [0.2, 0.25) is 0 Å². The number of carbonyl (C=O) groups is 1. The molecule has 1 unspecified atom stereocenters. The zero-order valence-corrected chi connectivity index (χ0v) is 15.4. The van der Waals surface area contributed by atoms with Crippen LogP contribution >= 0.6 is 11.3 Å². The molecule has 0 radical (unpaired) electrons. The molecule has 0 N–H and O–H groups in total. The summed E-state index contributed by atoms with van der Waals surface area (Å²) < 4.78 is 16.5. The maximum Gasteiger partial charge on any atom is 0.348 e. The summed E-state index contributed by atoms with van der Waals surface area (Å²) in [5.74, 6) is 1.31. The van der Waals surface area contributed by atoms with E-state index in [1.54, 1.807) is 19.5 Å². The van der Waals surface area contributed by atoms with E-state index in [0.29, 0.717) is 31.2 Å². The van der Waals surface area contributed by atoms with Gasteiger partial charge in [-0.3, -0.25) is 0 Å². The van der Waals surface area contributed by atoms with Crippen LogP contribution in [0.4, 0.5) is 5.82 Å². The molecular formula is C18H19N3O4S. The van der Waals surface area contributed by atoms with Crippen LogP contribution < -0.4 is 4.90 Å². The summed E-state index contributed by atoms with van der Waals surface area (Å²) >= 11 is 1.35. The monoisotopic (exact) mass is 373 g/mol. The lowest BCUT2D eigenvalue weighted by atomic mass is 10.1. The molecule has 1 fully saturated rings. The van der Waals surface area contributed by atoms with Gasteiger partial charge in [0, 0.05) is 6.54 Å². The molecule has 1 aliphatic rings. The highest BCUT2D eigenvalue weighted by Gasteiger charge is 2.28. The van der Waals surface area contributed by atoms with E-state index in [2.05, 4.69) is 14.9 Å². The molecule has 0 aliphatic carbocycles. The van der Waals surface area contributed by atoms with Crippen molar-refractivity contribution in [2.24, 2.45) is 0 Å². The fourth-order valence-electron chi connectivity index (χ4n) is 3.17. The van der Waals surface area contributed by atoms with Gasteiger partial charge in [-0.2, -0.15) is 0 Å². The first-order chi connectivity index (χ1) is 12.7. The molecule has 0 bridgehead atoms. The van der Waals surface area contributed by atoms with E-state index in [4.69, 9.17) is 13.9 Å². The van der Waals surface area contributed by atoms with Gasteiger partial charge < -0.3 is 18.8 Å². The Balaban J connectivity index is 1.71. The van der Waals surface area contributed by atoms with Crippen molar-refractivity contribution >= 4 is 33.3 Å². The number of aromatic nitrogens is 2. The maximum atomic E-state index is 12.2. The van der Waals surface area contributed by atoms with Gasteiger partial charge in [-0.25, -0.2) is 14.8 Å². The molecule has 1 saturated heterocycles. The number of anilines is 1. The number of ether oxygens (including phenoxy) is 2. The molecule has 0 spiro atoms. The third kappa shape index (κ3) is 2.95. The van der Waals surface area contributed by atoms with Crippen molar-refractivity contribution in [1.82, 2.24) is 9.97 Å². The van der Waals surface area contributed by atoms with Crippen LogP contribution in [0.25, 0.3) is 10.2 Å². The number of esters is 1. The number of aryl methyl sites for hydroxylation is 1. The molecule has 26 heavy (non-hydrogen) atoms. The summed E-state index contributed by atoms with van der Waals surface area (Å²) in [5, 5.41) is 0.903. The molecule has 3 aromatic heterocycles. The third-order valence-electron chi connectivity index (χ3n) is 4.39. The van der Waals surface area contributed by atoms with E-state index < -0.39 is 0 Å². The molecule has 1 aliphatic heterocycles. The van der Waals surface area contributed by atoms with Gasteiger partial charge in [0.1, 0.15) is 33.7 Å². The van der Waals surface area contributed by atoms with Gasteiger partial charge in [0.25, 0.3) is 0 Å². The second-order valence-electron chi connectivity index (χ2n) is 5.97. The summed E-state index contributed by atoms with van der Waals surface area (Å²) in [6.45, 7) is 5.98. The van der Waals surface area contributed by atoms with Gasteiger partial charge in [-0.15, -0.1) is 11.3 Å². The van der Waals surface area contributed by atoms with Gasteiger partial charge in [0.15, 0.2) is 0 Å². The van der Waals surface area contributed by atoms with E-state index in [-0.39, 0.29) is 12.1 Å². The number of thiophene rings is 1. The van der Waals surface area contributed by atoms with Gasteiger partial charge in [-0.05, 0) is 31.5 Å². The number of hydrogen-bond acceptors (Lipinski definition) is 8. The largest absolute Gasteiger partial charge is 0.467 e. The number of carbonyl (C=O) groups excluding carboxylic acids is 1. The zero-order valence-electron chi connectivity index (χ0n) is 14.6. The Hall–Kier alpha value is -2.45. The topological polar surface area (TPSA) is 77.7 Å². The Morgan fingerprint density at radius 2 is 2.35 bits per heavy atom. The molecule has 0 amide bonds. The highest BCUT2D eigenvalue weighted by Crippen LogP contribution is 2.36. The molecule has 0 aromatic carbocycles. The second kappa shape index (κ2) is 7.05. The normalized spacial score (nSPS) is 17.6. The van der Waals surface area contributed by atoms with E-state index in [0.717, 1.165) is 27.4 Å². The van der Waals surface area contributed by atoms with E-state index in [9.17, 15) is 4.79 Å². The zero-order chi connectivity index (χ0) is 18.1. The van der Waals surface area contributed by atoms with E-state index in [1.807, 2.05) is 19.1 Å². The van der Waals surface area contributed by atoms with Gasteiger partial charge in [-0.1, -0.05) is 0 Å². The average molecular weight is 373 g/mol. The minimum absolute atomic E-state index is 0.146. The Kier molecular flexibility index (Phi) is 4.60. The number of hydrogen-bond donors (Lipinski definition) is 0. The lowest BCUT2D eigenvalue weighted by molar-refractivity contribution is 0.0256. The standard InChI is InChI=1S/C18H19N3O4S/c1-3-23-18(22)15-11(2)14-16(19-10-20-17(14)26-15)21-6-8-25-13(9-21)12-5-4-7-24-12/h4-5,7,10,13H,3,6,8-9H2,1-2H3. The highest BCUT2D eigenvalue weighted by atomic mass is 32.1. The van der Waals surface area contributed by atoms with Crippen LogP contribution in [0.2, 0.25) is 0 Å². The number of rotatable bonds is 4. The van der Waals surface area contributed by atoms with Crippen molar-refractivity contribution in [3.05, 3.63) is 40.9 Å². The number of morpholine rings is 1. The van der Waals surface area contributed by atoms with Crippen molar-refractivity contribution < 1.29 is 18.7 Å². The maximum absolute atomic E-state index is 12.2. The van der Waals surface area contributed by atoms with Crippen LogP contribution in [0.5, 0.6) is 0 Å². The Labute approximate surface area is 154 Å². The van der Waals surface area contributed by atoms with E-state index in [1.165, 1.54) is 11.3 Å². The molecule has 7 nitrogen and oxygen atoms in total.